The molecule has 0 spiro atoms. The van der Waals surface area contributed by atoms with Crippen LogP contribution in [0.5, 0.6) is 5.75 Å². The van der Waals surface area contributed by atoms with Crippen molar-refractivity contribution in [1.82, 2.24) is 15.2 Å². The Labute approximate surface area is 430 Å². The summed E-state index contributed by atoms with van der Waals surface area (Å²) >= 11 is 0. The second kappa shape index (κ2) is 26.8. The Morgan fingerprint density at radius 1 is 0.789 bits per heavy atom. The molecule has 17 nitrogen and oxygen atoms in total. The minimum Gasteiger partial charge on any atom is -0.506 e. The monoisotopic (exact) mass is 1060 g/mol. The number of aliphatic carboxylic acids is 2. The van der Waals surface area contributed by atoms with Crippen molar-refractivity contribution >= 4 is 57.8 Å². The van der Waals surface area contributed by atoms with E-state index in [-0.39, 0.29) is 41.8 Å². The van der Waals surface area contributed by atoms with Gasteiger partial charge in [0, 0.05) is 79.6 Å². The summed E-state index contributed by atoms with van der Waals surface area (Å²) in [5.74, 6) is -5.94. The summed E-state index contributed by atoms with van der Waals surface area (Å²) in [6.45, 7) is 4.26. The Balaban J connectivity index is 0.000000671. The summed E-state index contributed by atoms with van der Waals surface area (Å²) in [7, 11) is 1.71. The van der Waals surface area contributed by atoms with Crippen molar-refractivity contribution in [1.29, 1.82) is 0 Å². The summed E-state index contributed by atoms with van der Waals surface area (Å²) in [6, 6.07) is 38.1. The number of aliphatic hydroxyl groups is 1. The van der Waals surface area contributed by atoms with E-state index in [1.54, 1.807) is 48.3 Å². The minimum absolute atomic E-state index is 0.0117. The highest BCUT2D eigenvalue weighted by Crippen LogP contribution is 2.30. The van der Waals surface area contributed by atoms with Gasteiger partial charge in [-0.1, -0.05) is 72.8 Å². The average Bonchev–Trinajstić information content (AvgIpc) is 3.39. The Morgan fingerprint density at radius 2 is 1.41 bits per heavy atom. The third-order valence-corrected chi connectivity index (χ3v) is 11.7. The van der Waals surface area contributed by atoms with Crippen LogP contribution in [0.3, 0.4) is 0 Å². The fraction of sp³-hybridized carbons (Fsp3) is 0.283. The normalized spacial score (nSPS) is 13.6. The quantitative estimate of drug-likeness (QED) is 0.0449. The summed E-state index contributed by atoms with van der Waals surface area (Å²) in [6.07, 6.45) is -9.41. The number of likely N-dealkylation sites (tertiary alicyclic amines) is 1. The summed E-state index contributed by atoms with van der Waals surface area (Å²) in [5.41, 5.74) is 5.87. The molecule has 404 valence electrons. The minimum atomic E-state index is -5.08. The van der Waals surface area contributed by atoms with Crippen LogP contribution in [0.25, 0.3) is 22.0 Å². The number of amides is 3. The number of nitrogens with one attached hydrogen (secondary N) is 4. The Kier molecular flexibility index (Phi) is 20.7. The molecule has 3 amide bonds. The van der Waals surface area contributed by atoms with Gasteiger partial charge < -0.3 is 50.6 Å². The van der Waals surface area contributed by atoms with Gasteiger partial charge >= 0.3 is 30.4 Å². The lowest BCUT2D eigenvalue weighted by Gasteiger charge is -2.31. The molecule has 23 heteroatoms. The number of aromatic nitrogens is 1. The maximum absolute atomic E-state index is 13.3. The van der Waals surface area contributed by atoms with E-state index in [0.29, 0.717) is 84.4 Å². The van der Waals surface area contributed by atoms with Gasteiger partial charge in [0.15, 0.2) is 0 Å². The lowest BCUT2D eigenvalue weighted by molar-refractivity contribution is -0.193. The number of halogens is 6. The molecule has 2 heterocycles. The zero-order valence-corrected chi connectivity index (χ0v) is 40.8. The zero-order chi connectivity index (χ0) is 55.7. The average molecular weight is 1070 g/mol. The Bertz CT molecular complexity index is 2980. The molecule has 0 radical (unpaired) electrons. The number of carbonyl (C=O) groups excluding carboxylic acids is 3. The highest BCUT2D eigenvalue weighted by Gasteiger charge is 2.39. The van der Waals surface area contributed by atoms with E-state index in [1.807, 2.05) is 85.8 Å². The fourth-order valence-corrected chi connectivity index (χ4v) is 7.75. The number of pyridine rings is 1. The highest BCUT2D eigenvalue weighted by molar-refractivity contribution is 6.05. The number of alkyl halides is 6. The molecule has 8 N–H and O–H groups in total. The fourth-order valence-electron chi connectivity index (χ4n) is 7.75. The first kappa shape index (κ1) is 58.6. The van der Waals surface area contributed by atoms with Crippen molar-refractivity contribution in [3.63, 3.8) is 0 Å². The van der Waals surface area contributed by atoms with E-state index in [9.17, 15) is 55.7 Å². The van der Waals surface area contributed by atoms with Gasteiger partial charge in [0.25, 0.3) is 5.91 Å². The second-order valence-electron chi connectivity index (χ2n) is 17.3. The molecule has 1 aromatic heterocycles. The van der Waals surface area contributed by atoms with Crippen LogP contribution in [0.1, 0.15) is 53.8 Å². The van der Waals surface area contributed by atoms with E-state index >= 15 is 0 Å². The standard InChI is InChI=1S/C49H52N6O7.2C2HF3O2/c1-32(50-31-44(57)40-19-21-43(56)47-41(40)20-22-45(58)53-47)29-33-15-17-36(18-16-33)51-48(60)35-11-8-12-37(30-35)54(2)46(59)25-28-55-26-23-38(24-27-55)62-49(61)52-42-14-7-6-13-39(42)34-9-4-3-5-10-34;2*3-2(4,5)1(6)7/h3-22,30,32,38,44,50,56-57H,23-29,31H2,1-2H3,(H,51,60)(H,52,61)(H,53,58);2*(H,6,7)/t32?,44-;;/m0../s1. The number of carboxylic acid groups (broad SMARTS) is 2. The number of rotatable bonds is 15. The largest absolute Gasteiger partial charge is 0.506 e. The van der Waals surface area contributed by atoms with Crippen molar-refractivity contribution < 1.29 is 75.5 Å². The number of nitrogens with zero attached hydrogens (tertiary/aromatic N) is 2. The molecule has 1 fully saturated rings. The lowest BCUT2D eigenvalue weighted by atomic mass is 10.0. The van der Waals surface area contributed by atoms with Crippen LogP contribution in [0.4, 0.5) is 48.2 Å². The number of para-hydroxylation sites is 1. The van der Waals surface area contributed by atoms with Gasteiger partial charge in [-0.3, -0.25) is 19.7 Å². The predicted molar refractivity (Wildman–Crippen MR) is 270 cm³/mol. The van der Waals surface area contributed by atoms with Gasteiger partial charge in [-0.05, 0) is 91.4 Å². The number of phenols is 1. The van der Waals surface area contributed by atoms with Crippen molar-refractivity contribution in [2.24, 2.45) is 0 Å². The molecular formula is C53H54F6N6O11. The summed E-state index contributed by atoms with van der Waals surface area (Å²) in [5, 5.41) is 45.1. The number of piperidine rings is 1. The SMILES string of the molecule is CC(Cc1ccc(NC(=O)c2cccc(N(C)C(=O)CCN3CCC(OC(=O)Nc4ccccc4-c4ccccc4)CC3)c2)cc1)NC[C@H](O)c1ccc(O)c2[nH]c(=O)ccc12.O=C(O)C(F)(F)F.O=C(O)C(F)(F)F. The number of aliphatic hydroxyl groups excluding tert-OH is 1. The van der Waals surface area contributed by atoms with Crippen LogP contribution in [0.15, 0.2) is 132 Å². The molecule has 1 unspecified atom stereocenters. The number of anilines is 3. The lowest BCUT2D eigenvalue weighted by Crippen LogP contribution is -2.40. The van der Waals surface area contributed by atoms with Crippen LogP contribution in [-0.4, -0.2) is 118 Å². The maximum Gasteiger partial charge on any atom is 0.490 e. The Hall–Kier alpha value is -8.28. The number of carbonyl (C=O) groups is 5. The molecule has 76 heavy (non-hydrogen) atoms. The van der Waals surface area contributed by atoms with E-state index in [0.717, 1.165) is 16.7 Å². The third kappa shape index (κ3) is 17.7. The number of ether oxygens (including phenoxy) is 1. The van der Waals surface area contributed by atoms with Crippen molar-refractivity contribution in [3.8, 4) is 16.9 Å². The molecule has 7 rings (SSSR count). The molecule has 1 aliphatic rings. The van der Waals surface area contributed by atoms with Crippen molar-refractivity contribution in [2.75, 3.05) is 48.8 Å². The van der Waals surface area contributed by atoms with Crippen molar-refractivity contribution in [3.05, 3.63) is 154 Å². The number of aromatic hydroxyl groups is 1. The topological polar surface area (TPSA) is 251 Å². The molecule has 1 saturated heterocycles. The van der Waals surface area contributed by atoms with Gasteiger partial charge in [0.1, 0.15) is 11.9 Å². The van der Waals surface area contributed by atoms with E-state index < -0.39 is 36.5 Å². The van der Waals surface area contributed by atoms with E-state index in [4.69, 9.17) is 24.5 Å². The first-order valence-corrected chi connectivity index (χ1v) is 23.4. The van der Waals surface area contributed by atoms with Crippen LogP contribution in [0.2, 0.25) is 0 Å². The van der Waals surface area contributed by atoms with Crippen LogP contribution < -0.4 is 26.4 Å². The van der Waals surface area contributed by atoms with Crippen LogP contribution >= 0.6 is 0 Å². The van der Waals surface area contributed by atoms with Gasteiger partial charge in [0.2, 0.25) is 11.5 Å². The van der Waals surface area contributed by atoms with Gasteiger partial charge in [0.05, 0.1) is 17.3 Å². The summed E-state index contributed by atoms with van der Waals surface area (Å²) < 4.78 is 69.2. The predicted octanol–water partition coefficient (Wildman–Crippen LogP) is 8.74. The molecule has 5 aromatic carbocycles. The zero-order valence-electron chi connectivity index (χ0n) is 40.8. The van der Waals surface area contributed by atoms with Gasteiger partial charge in [-0.2, -0.15) is 26.3 Å². The molecule has 2 atom stereocenters. The van der Waals surface area contributed by atoms with E-state index in [2.05, 4.69) is 25.8 Å². The molecule has 6 aromatic rings. The maximum atomic E-state index is 13.3. The smallest absolute Gasteiger partial charge is 0.490 e. The summed E-state index contributed by atoms with van der Waals surface area (Å²) in [4.78, 5) is 75.3. The molecule has 0 bridgehead atoms. The van der Waals surface area contributed by atoms with Crippen LogP contribution in [-0.2, 0) is 25.5 Å². The number of hydrogen-bond acceptors (Lipinski definition) is 11. The first-order chi connectivity index (χ1) is 35.9. The molecule has 0 aliphatic carbocycles. The molecular weight excluding hydrogens is 1010 g/mol. The number of aromatic amines is 1. The van der Waals surface area contributed by atoms with Gasteiger partial charge in [-0.15, -0.1) is 0 Å². The molecule has 0 saturated carbocycles. The van der Waals surface area contributed by atoms with Gasteiger partial charge in [-0.25, -0.2) is 14.4 Å². The molecule has 1 aliphatic heterocycles. The number of benzene rings is 5. The number of fused-ring (bicyclic) bond motifs is 1. The number of carboxylic acids is 2. The first-order valence-electron chi connectivity index (χ1n) is 23.4. The Morgan fingerprint density at radius 3 is 2.04 bits per heavy atom. The second-order valence-corrected chi connectivity index (χ2v) is 17.3. The van der Waals surface area contributed by atoms with Crippen molar-refractivity contribution in [2.45, 2.75) is 63.2 Å². The van der Waals surface area contributed by atoms with E-state index in [1.165, 1.54) is 12.1 Å². The highest BCUT2D eigenvalue weighted by atomic mass is 19.4. The number of hydrogen-bond donors (Lipinski definition) is 8. The third-order valence-electron chi connectivity index (χ3n) is 11.7. The number of phenolic OH excluding ortho intramolecular Hbond substituents is 1. The van der Waals surface area contributed by atoms with Crippen LogP contribution in [0, 0.1) is 0 Å². The number of H-pyrrole nitrogens is 1.